The van der Waals surface area contributed by atoms with Gasteiger partial charge in [-0.05, 0) is 12.6 Å². The molecule has 0 aliphatic carbocycles. The Morgan fingerprint density at radius 3 is 2.57 bits per heavy atom. The fourth-order valence-electron chi connectivity index (χ4n) is 2.63. The van der Waals surface area contributed by atoms with Crippen molar-refractivity contribution in [3.05, 3.63) is 35.9 Å². The van der Waals surface area contributed by atoms with Crippen LogP contribution in [0.3, 0.4) is 0 Å². The number of rotatable bonds is 6. The van der Waals surface area contributed by atoms with Crippen molar-refractivity contribution >= 4 is 11.8 Å². The first-order valence-electron chi connectivity index (χ1n) is 7.22. The maximum Gasteiger partial charge on any atom is 0.232 e. The van der Waals surface area contributed by atoms with Crippen molar-refractivity contribution in [3.8, 4) is 0 Å². The molecule has 1 heterocycles. The summed E-state index contributed by atoms with van der Waals surface area (Å²) in [7, 11) is 1.91. The summed E-state index contributed by atoms with van der Waals surface area (Å²) in [6, 6.07) is 9.96. The van der Waals surface area contributed by atoms with Gasteiger partial charge in [-0.2, -0.15) is 0 Å². The van der Waals surface area contributed by atoms with E-state index in [2.05, 4.69) is 0 Å². The van der Waals surface area contributed by atoms with E-state index < -0.39 is 6.10 Å². The van der Waals surface area contributed by atoms with Gasteiger partial charge < -0.3 is 5.11 Å². The number of carbonyl (C=O) groups is 2. The molecule has 0 bridgehead atoms. The van der Waals surface area contributed by atoms with E-state index in [1.165, 1.54) is 4.90 Å². The summed E-state index contributed by atoms with van der Waals surface area (Å²) >= 11 is 0. The van der Waals surface area contributed by atoms with Crippen molar-refractivity contribution in [1.82, 2.24) is 9.80 Å². The van der Waals surface area contributed by atoms with Crippen molar-refractivity contribution in [2.75, 3.05) is 20.1 Å². The molecular formula is C16H22N2O3. The summed E-state index contributed by atoms with van der Waals surface area (Å²) in [6.07, 6.45) is -0.470. The zero-order chi connectivity index (χ0) is 15.4. The van der Waals surface area contributed by atoms with Crippen molar-refractivity contribution < 1.29 is 14.7 Å². The Kier molecular flexibility index (Phi) is 5.09. The topological polar surface area (TPSA) is 60.9 Å². The van der Waals surface area contributed by atoms with Gasteiger partial charge in [0.05, 0.1) is 12.6 Å². The van der Waals surface area contributed by atoms with E-state index in [9.17, 15) is 14.7 Å². The molecule has 1 N–H and O–H groups in total. The lowest BCUT2D eigenvalue weighted by atomic mass is 10.1. The Hall–Kier alpha value is -1.72. The number of aliphatic hydroxyl groups excluding tert-OH is 1. The average molecular weight is 290 g/mol. The molecule has 1 aromatic carbocycles. The monoisotopic (exact) mass is 290 g/mol. The van der Waals surface area contributed by atoms with E-state index in [1.54, 1.807) is 6.92 Å². The maximum absolute atomic E-state index is 11.8. The number of amides is 2. The number of hydrogen-bond donors (Lipinski definition) is 1. The molecule has 2 amide bonds. The van der Waals surface area contributed by atoms with Crippen LogP contribution in [0, 0.1) is 5.92 Å². The predicted octanol–water partition coefficient (Wildman–Crippen LogP) is 0.874. The van der Waals surface area contributed by atoms with E-state index in [0.29, 0.717) is 6.54 Å². The zero-order valence-electron chi connectivity index (χ0n) is 12.5. The zero-order valence-corrected chi connectivity index (χ0v) is 12.5. The third-order valence-corrected chi connectivity index (χ3v) is 3.68. The average Bonchev–Trinajstić information content (AvgIpc) is 2.66. The third-order valence-electron chi connectivity index (χ3n) is 3.68. The van der Waals surface area contributed by atoms with Crippen molar-refractivity contribution in [2.45, 2.75) is 26.0 Å². The smallest absolute Gasteiger partial charge is 0.232 e. The highest BCUT2D eigenvalue weighted by molar-refractivity contribution is 6.03. The van der Waals surface area contributed by atoms with Crippen LogP contribution in [-0.2, 0) is 16.1 Å². The first-order chi connectivity index (χ1) is 9.97. The third kappa shape index (κ3) is 4.12. The molecule has 1 aliphatic rings. The van der Waals surface area contributed by atoms with E-state index in [-0.39, 0.29) is 30.7 Å². The van der Waals surface area contributed by atoms with Gasteiger partial charge in [-0.1, -0.05) is 37.3 Å². The lowest BCUT2D eigenvalue weighted by Gasteiger charge is -2.23. The highest BCUT2D eigenvalue weighted by Crippen LogP contribution is 2.19. The normalized spacial score (nSPS) is 20.4. The molecular weight excluding hydrogens is 268 g/mol. The van der Waals surface area contributed by atoms with Gasteiger partial charge in [0.2, 0.25) is 11.8 Å². The van der Waals surface area contributed by atoms with Crippen LogP contribution in [0.25, 0.3) is 0 Å². The quantitative estimate of drug-likeness (QED) is 0.790. The molecule has 1 aromatic rings. The second-order valence-electron chi connectivity index (χ2n) is 5.78. The van der Waals surface area contributed by atoms with Gasteiger partial charge >= 0.3 is 0 Å². The van der Waals surface area contributed by atoms with Crippen LogP contribution in [-0.4, -0.2) is 53.0 Å². The Balaban J connectivity index is 1.83. The van der Waals surface area contributed by atoms with Gasteiger partial charge in [0.25, 0.3) is 0 Å². The molecule has 5 nitrogen and oxygen atoms in total. The Bertz CT molecular complexity index is 504. The minimum absolute atomic E-state index is 0.0845. The molecule has 0 saturated carbocycles. The van der Waals surface area contributed by atoms with E-state index >= 15 is 0 Å². The van der Waals surface area contributed by atoms with Gasteiger partial charge in [0, 0.05) is 25.4 Å². The number of benzene rings is 1. The van der Waals surface area contributed by atoms with Gasteiger partial charge in [-0.3, -0.25) is 19.4 Å². The highest BCUT2D eigenvalue weighted by atomic mass is 16.3. The first kappa shape index (κ1) is 15.7. The summed E-state index contributed by atoms with van der Waals surface area (Å²) in [5.74, 6) is -0.617. The van der Waals surface area contributed by atoms with Crippen LogP contribution < -0.4 is 0 Å². The van der Waals surface area contributed by atoms with Crippen LogP contribution in [0.15, 0.2) is 30.3 Å². The number of aliphatic hydroxyl groups is 1. The van der Waals surface area contributed by atoms with E-state index in [0.717, 1.165) is 12.1 Å². The van der Waals surface area contributed by atoms with Crippen LogP contribution in [0.2, 0.25) is 0 Å². The molecule has 2 rings (SSSR count). The number of likely N-dealkylation sites (N-methyl/N-ethyl adjacent to an activating group) is 1. The molecule has 21 heavy (non-hydrogen) atoms. The standard InChI is InChI=1S/C16H22N2O3/c1-12-8-15(20)18(16(12)21)11-14(19)10-17(2)9-13-6-4-3-5-7-13/h3-7,12,14,19H,8-11H2,1-2H3/t12-,14+/m1/s1. The number of nitrogens with zero attached hydrogens (tertiary/aromatic N) is 2. The lowest BCUT2D eigenvalue weighted by molar-refractivity contribution is -0.141. The SMILES string of the molecule is C[C@@H]1CC(=O)N(C[C@@H](O)CN(C)Cc2ccccc2)C1=O. The first-order valence-corrected chi connectivity index (χ1v) is 7.22. The number of imide groups is 1. The Labute approximate surface area is 125 Å². The summed E-state index contributed by atoms with van der Waals surface area (Å²) < 4.78 is 0. The fourth-order valence-corrected chi connectivity index (χ4v) is 2.63. The highest BCUT2D eigenvalue weighted by Gasteiger charge is 2.36. The number of hydrogen-bond acceptors (Lipinski definition) is 4. The van der Waals surface area contributed by atoms with Crippen LogP contribution in [0.5, 0.6) is 0 Å². The largest absolute Gasteiger partial charge is 0.390 e. The van der Waals surface area contributed by atoms with E-state index in [1.807, 2.05) is 42.3 Å². The molecule has 0 unspecified atom stereocenters. The number of likely N-dealkylation sites (tertiary alicyclic amines) is 1. The van der Waals surface area contributed by atoms with Crippen LogP contribution in [0.1, 0.15) is 18.9 Å². The molecule has 1 aliphatic heterocycles. The lowest BCUT2D eigenvalue weighted by Crippen LogP contribution is -2.41. The van der Waals surface area contributed by atoms with E-state index in [4.69, 9.17) is 0 Å². The molecule has 5 heteroatoms. The fraction of sp³-hybridized carbons (Fsp3) is 0.500. The molecule has 0 aromatic heterocycles. The second-order valence-corrected chi connectivity index (χ2v) is 5.78. The Morgan fingerprint density at radius 2 is 2.00 bits per heavy atom. The summed E-state index contributed by atoms with van der Waals surface area (Å²) in [6.45, 7) is 2.96. The van der Waals surface area contributed by atoms with Crippen molar-refractivity contribution in [1.29, 1.82) is 0 Å². The molecule has 2 atom stereocenters. The molecule has 0 radical (unpaired) electrons. The number of β-amino-alcohol motifs (C(OH)–C–C–N with tert-alkyl or cyclic N) is 1. The summed E-state index contributed by atoms with van der Waals surface area (Å²) in [5.41, 5.74) is 1.16. The van der Waals surface area contributed by atoms with Gasteiger partial charge in [-0.25, -0.2) is 0 Å². The second kappa shape index (κ2) is 6.83. The molecule has 1 saturated heterocycles. The maximum atomic E-state index is 11.8. The summed E-state index contributed by atoms with van der Waals surface area (Å²) in [4.78, 5) is 26.7. The van der Waals surface area contributed by atoms with Crippen molar-refractivity contribution in [2.24, 2.45) is 5.92 Å². The Morgan fingerprint density at radius 1 is 1.33 bits per heavy atom. The van der Waals surface area contributed by atoms with Gasteiger partial charge in [-0.15, -0.1) is 0 Å². The minimum Gasteiger partial charge on any atom is -0.390 e. The molecule has 1 fully saturated rings. The summed E-state index contributed by atoms with van der Waals surface area (Å²) in [5, 5.41) is 10.1. The predicted molar refractivity (Wildman–Crippen MR) is 79.3 cm³/mol. The van der Waals surface area contributed by atoms with Gasteiger partial charge in [0.1, 0.15) is 0 Å². The van der Waals surface area contributed by atoms with Crippen LogP contribution >= 0.6 is 0 Å². The minimum atomic E-state index is -0.725. The number of carbonyl (C=O) groups excluding carboxylic acids is 2. The van der Waals surface area contributed by atoms with Crippen LogP contribution in [0.4, 0.5) is 0 Å². The van der Waals surface area contributed by atoms with Crippen molar-refractivity contribution in [3.63, 3.8) is 0 Å². The molecule has 0 spiro atoms. The molecule has 114 valence electrons. The van der Waals surface area contributed by atoms with Gasteiger partial charge in [0.15, 0.2) is 0 Å².